The zero-order valence-corrected chi connectivity index (χ0v) is 13.3. The van der Waals surface area contributed by atoms with E-state index in [-0.39, 0.29) is 11.3 Å². The Balaban J connectivity index is 2.41. The van der Waals surface area contributed by atoms with Gasteiger partial charge in [-0.3, -0.25) is 0 Å². The number of para-hydroxylation sites is 1. The Morgan fingerprint density at radius 1 is 1.19 bits per heavy atom. The Morgan fingerprint density at radius 2 is 1.81 bits per heavy atom. The second-order valence-corrected chi connectivity index (χ2v) is 6.96. The van der Waals surface area contributed by atoms with Crippen molar-refractivity contribution in [1.29, 1.82) is 0 Å². The van der Waals surface area contributed by atoms with Crippen molar-refractivity contribution in [2.24, 2.45) is 0 Å². The molecule has 3 nitrogen and oxygen atoms in total. The average molecular weight is 428 g/mol. The molecule has 0 aliphatic rings. The van der Waals surface area contributed by atoms with Gasteiger partial charge in [0.05, 0.1) is 10.00 Å². The van der Waals surface area contributed by atoms with Crippen molar-refractivity contribution in [3.05, 3.63) is 53.5 Å². The Bertz CT molecular complexity index is 636. The quantitative estimate of drug-likeness (QED) is 0.378. The average Bonchev–Trinajstić information content (AvgIpc) is 2.84. The van der Waals surface area contributed by atoms with Crippen LogP contribution in [0.3, 0.4) is 0 Å². The maximum atomic E-state index is 12.9. The topological polar surface area (TPSA) is 39.4 Å². The molecular weight excluding hydrogens is 421 g/mol. The summed E-state index contributed by atoms with van der Waals surface area (Å²) in [6, 6.07) is 7.81. The highest BCUT2D eigenvalue weighted by molar-refractivity contribution is 9.24. The van der Waals surface area contributed by atoms with Crippen LogP contribution < -0.4 is 4.74 Å². The summed E-state index contributed by atoms with van der Waals surface area (Å²) in [7, 11) is 0. The van der Waals surface area contributed by atoms with E-state index in [0.717, 1.165) is 6.26 Å². The molecule has 0 saturated carbocycles. The van der Waals surface area contributed by atoms with Crippen molar-refractivity contribution >= 4 is 37.8 Å². The van der Waals surface area contributed by atoms with E-state index in [1.807, 2.05) is 0 Å². The minimum absolute atomic E-state index is 0.00301. The van der Waals surface area contributed by atoms with Crippen molar-refractivity contribution in [1.82, 2.24) is 0 Å². The molecular formula is C13H7Br2F3O3. The second-order valence-electron chi connectivity index (χ2n) is 3.90. The number of hydrogen-bond donors (Lipinski definition) is 0. The van der Waals surface area contributed by atoms with E-state index in [0.29, 0.717) is 0 Å². The third-order valence-corrected chi connectivity index (χ3v) is 3.46. The van der Waals surface area contributed by atoms with Gasteiger partial charge in [-0.25, -0.2) is 4.79 Å². The van der Waals surface area contributed by atoms with Crippen molar-refractivity contribution in [3.63, 3.8) is 0 Å². The third kappa shape index (κ3) is 3.68. The molecule has 112 valence electrons. The summed E-state index contributed by atoms with van der Waals surface area (Å²) in [6.45, 7) is 0. The highest BCUT2D eigenvalue weighted by Crippen LogP contribution is 2.41. The maximum absolute atomic E-state index is 12.9. The number of rotatable bonds is 3. The summed E-state index contributed by atoms with van der Waals surface area (Å²) >= 11 is 6.10. The molecule has 8 heteroatoms. The molecule has 1 heterocycles. The van der Waals surface area contributed by atoms with Gasteiger partial charge in [0, 0.05) is 5.56 Å². The van der Waals surface area contributed by atoms with Gasteiger partial charge >= 0.3 is 12.1 Å². The molecule has 0 bridgehead atoms. The van der Waals surface area contributed by atoms with Gasteiger partial charge in [-0.1, -0.05) is 50.1 Å². The molecule has 0 atom stereocenters. The number of hydrogen-bond acceptors (Lipinski definition) is 3. The first-order chi connectivity index (χ1) is 9.80. The third-order valence-electron chi connectivity index (χ3n) is 2.47. The molecule has 2 aromatic rings. The number of ether oxygens (including phenoxy) is 1. The monoisotopic (exact) mass is 426 g/mol. The Kier molecular flexibility index (Phi) is 4.77. The molecule has 0 aliphatic heterocycles. The van der Waals surface area contributed by atoms with Crippen LogP contribution in [0.4, 0.5) is 13.2 Å². The van der Waals surface area contributed by atoms with Crippen molar-refractivity contribution in [3.8, 4) is 5.75 Å². The van der Waals surface area contributed by atoms with Gasteiger partial charge < -0.3 is 9.15 Å². The molecule has 2 rings (SSSR count). The molecule has 0 N–H and O–H groups in total. The molecule has 0 saturated heterocycles. The number of benzene rings is 1. The van der Waals surface area contributed by atoms with Crippen molar-refractivity contribution in [2.45, 2.75) is 9.91 Å². The number of carbonyl (C=O) groups excluding carboxylic acids is 1. The van der Waals surface area contributed by atoms with Gasteiger partial charge in [0.2, 0.25) is 5.76 Å². The predicted octanol–water partition coefficient (Wildman–Crippen LogP) is 5.31. The highest BCUT2D eigenvalue weighted by Gasteiger charge is 2.42. The van der Waals surface area contributed by atoms with Gasteiger partial charge in [-0.2, -0.15) is 13.2 Å². The lowest BCUT2D eigenvalue weighted by Crippen LogP contribution is -2.16. The van der Waals surface area contributed by atoms with Crippen LogP contribution in [0, 0.1) is 0 Å². The zero-order chi connectivity index (χ0) is 15.6. The molecule has 0 aliphatic carbocycles. The van der Waals surface area contributed by atoms with E-state index in [9.17, 15) is 18.0 Å². The number of alkyl halides is 5. The van der Waals surface area contributed by atoms with Gasteiger partial charge in [0.25, 0.3) is 0 Å². The normalized spacial score (nSPS) is 11.7. The lowest BCUT2D eigenvalue weighted by atomic mass is 10.1. The fourth-order valence-corrected chi connectivity index (χ4v) is 2.27. The van der Waals surface area contributed by atoms with Crippen LogP contribution in [-0.4, -0.2) is 5.97 Å². The lowest BCUT2D eigenvalue weighted by molar-refractivity contribution is -0.153. The summed E-state index contributed by atoms with van der Waals surface area (Å²) in [5, 5.41) is 0. The number of carbonyl (C=O) groups is 1. The minimum atomic E-state index is -4.79. The fourth-order valence-electron chi connectivity index (χ4n) is 1.60. The summed E-state index contributed by atoms with van der Waals surface area (Å²) in [6.07, 6.45) is -3.93. The first kappa shape index (κ1) is 16.1. The van der Waals surface area contributed by atoms with Gasteiger partial charge in [-0.05, 0) is 12.1 Å². The van der Waals surface area contributed by atoms with Gasteiger partial charge in [-0.15, -0.1) is 0 Å². The van der Waals surface area contributed by atoms with E-state index in [2.05, 4.69) is 36.3 Å². The smallest absolute Gasteiger partial charge is 0.450 e. The van der Waals surface area contributed by atoms with E-state index >= 15 is 0 Å². The van der Waals surface area contributed by atoms with Crippen LogP contribution in [0.15, 0.2) is 41.0 Å². The summed E-state index contributed by atoms with van der Waals surface area (Å²) in [5.74, 6) is -2.38. The van der Waals surface area contributed by atoms with Crippen LogP contribution in [0.25, 0.3) is 0 Å². The fraction of sp³-hybridized carbons (Fsp3) is 0.154. The van der Waals surface area contributed by atoms with Gasteiger partial charge in [0.15, 0.2) is 0 Å². The van der Waals surface area contributed by atoms with Crippen molar-refractivity contribution in [2.75, 3.05) is 0 Å². The Morgan fingerprint density at radius 3 is 2.33 bits per heavy atom. The summed E-state index contributed by atoms with van der Waals surface area (Å²) in [4.78, 5) is 12.0. The number of esters is 1. The van der Waals surface area contributed by atoms with E-state index < -0.39 is 27.2 Å². The number of halogens is 5. The van der Waals surface area contributed by atoms with Crippen LogP contribution in [0.2, 0.25) is 0 Å². The molecule has 1 aromatic heterocycles. The standard InChI is InChI=1S/C13H7Br2F3O3/c14-11(15)8-6-20-10(13(16,17)18)9(8)12(19)21-7-4-2-1-3-5-7/h1-6,11H. The largest absolute Gasteiger partial charge is 0.459 e. The first-order valence-electron chi connectivity index (χ1n) is 5.54. The van der Waals surface area contributed by atoms with Crippen LogP contribution in [0.5, 0.6) is 5.75 Å². The molecule has 0 spiro atoms. The molecule has 0 unspecified atom stereocenters. The minimum Gasteiger partial charge on any atom is -0.459 e. The summed E-state index contributed by atoms with van der Waals surface area (Å²) in [5.41, 5.74) is -0.659. The molecule has 0 radical (unpaired) electrons. The highest BCUT2D eigenvalue weighted by atomic mass is 79.9. The molecule has 0 fully saturated rings. The predicted molar refractivity (Wildman–Crippen MR) is 75.7 cm³/mol. The van der Waals surface area contributed by atoms with Crippen LogP contribution in [-0.2, 0) is 6.18 Å². The Labute approximate surface area is 134 Å². The number of furan rings is 1. The first-order valence-corrected chi connectivity index (χ1v) is 7.37. The van der Waals surface area contributed by atoms with Gasteiger partial charge in [0.1, 0.15) is 11.3 Å². The molecule has 21 heavy (non-hydrogen) atoms. The maximum Gasteiger partial charge on any atom is 0.450 e. The molecule has 0 amide bonds. The summed E-state index contributed by atoms with van der Waals surface area (Å²) < 4.78 is 47.4. The van der Waals surface area contributed by atoms with E-state index in [1.165, 1.54) is 12.1 Å². The van der Waals surface area contributed by atoms with Crippen LogP contribution in [0.1, 0.15) is 25.4 Å². The van der Waals surface area contributed by atoms with Crippen molar-refractivity contribution < 1.29 is 27.1 Å². The Hall–Kier alpha value is -1.28. The van der Waals surface area contributed by atoms with Crippen LogP contribution >= 0.6 is 31.9 Å². The second kappa shape index (κ2) is 6.23. The van der Waals surface area contributed by atoms with E-state index in [4.69, 9.17) is 4.74 Å². The lowest BCUT2D eigenvalue weighted by Gasteiger charge is -2.09. The van der Waals surface area contributed by atoms with E-state index in [1.54, 1.807) is 18.2 Å². The zero-order valence-electron chi connectivity index (χ0n) is 10.2. The molecule has 1 aromatic carbocycles. The SMILES string of the molecule is O=C(Oc1ccccc1)c1c(C(Br)Br)coc1C(F)(F)F.